The molecule has 4 atom stereocenters. The zero-order valence-corrected chi connectivity index (χ0v) is 15.6. The Kier molecular flexibility index (Phi) is 3.36. The highest BCUT2D eigenvalue weighted by Gasteiger charge is 2.61. The molecule has 4 aliphatic rings. The lowest BCUT2D eigenvalue weighted by molar-refractivity contribution is -0.186. The Bertz CT molecular complexity index is 728. The van der Waals surface area contributed by atoms with Gasteiger partial charge in [-0.2, -0.15) is 0 Å². The molecular weight excluding hydrogens is 316 g/mol. The van der Waals surface area contributed by atoms with Gasteiger partial charge in [0.2, 0.25) is 11.6 Å². The number of carbonyl (C=O) groups excluding carboxylic acids is 2. The van der Waals surface area contributed by atoms with E-state index in [0.717, 1.165) is 25.3 Å². The highest BCUT2D eigenvalue weighted by Crippen LogP contribution is 2.65. The summed E-state index contributed by atoms with van der Waals surface area (Å²) in [4.78, 5) is 24.8. The van der Waals surface area contributed by atoms with Gasteiger partial charge in [0.25, 0.3) is 0 Å². The normalized spacial score (nSPS) is 42.8. The predicted octanol–water partition coefficient (Wildman–Crippen LogP) is 4.26. The average molecular weight is 344 g/mol. The second-order valence-electron chi connectivity index (χ2n) is 9.64. The van der Waals surface area contributed by atoms with Crippen LogP contribution in [0.2, 0.25) is 0 Å². The molecule has 0 radical (unpaired) electrons. The molecule has 0 bridgehead atoms. The van der Waals surface area contributed by atoms with Crippen LogP contribution in [0.15, 0.2) is 23.2 Å². The Morgan fingerprint density at radius 1 is 1.08 bits per heavy atom. The Morgan fingerprint density at radius 3 is 2.52 bits per heavy atom. The number of aliphatic hydroxyl groups is 1. The Hall–Kier alpha value is -1.58. The molecule has 0 aromatic carbocycles. The van der Waals surface area contributed by atoms with Crippen LogP contribution in [0.3, 0.4) is 0 Å². The lowest BCUT2D eigenvalue weighted by atomic mass is 9.44. The highest BCUT2D eigenvalue weighted by molar-refractivity contribution is 6.21. The number of ether oxygens (including phenoxy) is 1. The van der Waals surface area contributed by atoms with Gasteiger partial charge < -0.3 is 9.84 Å². The van der Waals surface area contributed by atoms with Crippen molar-refractivity contribution in [3.63, 3.8) is 0 Å². The first kappa shape index (κ1) is 16.9. The van der Waals surface area contributed by atoms with Crippen LogP contribution < -0.4 is 0 Å². The molecule has 0 spiro atoms. The molecule has 4 rings (SSSR count). The first-order valence-electron chi connectivity index (χ1n) is 9.50. The summed E-state index contributed by atoms with van der Waals surface area (Å²) in [6, 6.07) is 0. The van der Waals surface area contributed by atoms with Crippen molar-refractivity contribution in [2.75, 3.05) is 0 Å². The molecule has 1 N–H and O–H groups in total. The maximum absolute atomic E-state index is 12.5. The Balaban J connectivity index is 1.78. The second kappa shape index (κ2) is 4.99. The fraction of sp³-hybridized carbons (Fsp3) is 0.714. The maximum atomic E-state index is 12.5. The van der Waals surface area contributed by atoms with Crippen molar-refractivity contribution >= 4 is 11.6 Å². The first-order valence-corrected chi connectivity index (χ1v) is 9.50. The third-order valence-electron chi connectivity index (χ3n) is 7.75. The molecule has 1 aliphatic heterocycles. The van der Waals surface area contributed by atoms with E-state index in [0.29, 0.717) is 17.9 Å². The fourth-order valence-corrected chi connectivity index (χ4v) is 6.57. The molecule has 4 heteroatoms. The fourth-order valence-electron chi connectivity index (χ4n) is 6.57. The number of Topliss-reactive ketones (excluding diaryl/α,β-unsaturated/α-hetero) is 1. The molecule has 0 unspecified atom stereocenters. The van der Waals surface area contributed by atoms with Crippen molar-refractivity contribution in [2.24, 2.45) is 22.7 Å². The quantitative estimate of drug-likeness (QED) is 0.667. The molecule has 0 amide bonds. The van der Waals surface area contributed by atoms with Gasteiger partial charge in [0.1, 0.15) is 5.60 Å². The lowest BCUT2D eigenvalue weighted by Gasteiger charge is -2.63. The van der Waals surface area contributed by atoms with Crippen LogP contribution in [-0.4, -0.2) is 22.3 Å². The number of allylic oxidation sites excluding steroid dienone is 2. The van der Waals surface area contributed by atoms with Crippen molar-refractivity contribution in [3.05, 3.63) is 23.2 Å². The number of hydrogen-bond acceptors (Lipinski definition) is 4. The zero-order valence-electron chi connectivity index (χ0n) is 15.6. The van der Waals surface area contributed by atoms with Crippen LogP contribution in [0.5, 0.6) is 0 Å². The minimum Gasteiger partial charge on any atom is -0.504 e. The van der Waals surface area contributed by atoms with E-state index in [1.807, 2.05) is 0 Å². The second-order valence-corrected chi connectivity index (χ2v) is 9.64. The molecule has 2 fully saturated rings. The summed E-state index contributed by atoms with van der Waals surface area (Å²) >= 11 is 0. The van der Waals surface area contributed by atoms with Crippen LogP contribution in [0.1, 0.15) is 66.2 Å². The minimum atomic E-state index is -0.447. The summed E-state index contributed by atoms with van der Waals surface area (Å²) in [5.41, 5.74) is 0.358. The van der Waals surface area contributed by atoms with Gasteiger partial charge in [0.05, 0.1) is 0 Å². The summed E-state index contributed by atoms with van der Waals surface area (Å²) in [6.45, 7) is 9.22. The van der Waals surface area contributed by atoms with Gasteiger partial charge in [-0.3, -0.25) is 9.59 Å². The van der Waals surface area contributed by atoms with Crippen molar-refractivity contribution in [3.8, 4) is 0 Å². The summed E-state index contributed by atoms with van der Waals surface area (Å²) in [5, 5.41) is 9.83. The number of hydrogen-bond donors (Lipinski definition) is 1. The topological polar surface area (TPSA) is 63.6 Å². The molecule has 136 valence electrons. The smallest absolute Gasteiger partial charge is 0.227 e. The summed E-state index contributed by atoms with van der Waals surface area (Å²) in [5.74, 6) is -0.285. The molecule has 3 aliphatic carbocycles. The molecule has 0 aromatic heterocycles. The summed E-state index contributed by atoms with van der Waals surface area (Å²) in [6.07, 6.45) is 7.12. The van der Waals surface area contributed by atoms with E-state index < -0.39 is 17.1 Å². The van der Waals surface area contributed by atoms with Gasteiger partial charge in [-0.25, -0.2) is 0 Å². The molecule has 0 saturated heterocycles. The molecule has 4 nitrogen and oxygen atoms in total. The molecular formula is C21H28O4. The van der Waals surface area contributed by atoms with Gasteiger partial charge in [-0.05, 0) is 55.8 Å². The molecule has 0 aromatic rings. The van der Waals surface area contributed by atoms with E-state index in [1.54, 1.807) is 0 Å². The van der Waals surface area contributed by atoms with Crippen LogP contribution >= 0.6 is 0 Å². The summed E-state index contributed by atoms with van der Waals surface area (Å²) < 4.78 is 6.25. The van der Waals surface area contributed by atoms with Gasteiger partial charge in [-0.15, -0.1) is 0 Å². The van der Waals surface area contributed by atoms with E-state index in [1.165, 1.54) is 12.8 Å². The predicted molar refractivity (Wildman–Crippen MR) is 93.8 cm³/mol. The van der Waals surface area contributed by atoms with Gasteiger partial charge in [-0.1, -0.05) is 27.2 Å². The van der Waals surface area contributed by atoms with E-state index in [9.17, 15) is 14.7 Å². The third-order valence-corrected chi connectivity index (χ3v) is 7.75. The van der Waals surface area contributed by atoms with Crippen molar-refractivity contribution in [1.29, 1.82) is 0 Å². The molecule has 25 heavy (non-hydrogen) atoms. The van der Waals surface area contributed by atoms with E-state index in [4.69, 9.17) is 4.74 Å². The SMILES string of the molecule is CC1(C)CCC[C@]2(C)[C@@H]1CC[C@]1(C)OC3=C(C[C@@H]21)C(=O)C(O)=CC3=O. The largest absolute Gasteiger partial charge is 0.504 e. The first-order chi connectivity index (χ1) is 11.6. The Morgan fingerprint density at radius 2 is 1.80 bits per heavy atom. The zero-order chi connectivity index (χ0) is 18.2. The van der Waals surface area contributed by atoms with Gasteiger partial charge >= 0.3 is 0 Å². The Labute approximate surface area is 149 Å². The van der Waals surface area contributed by atoms with E-state index >= 15 is 0 Å². The monoisotopic (exact) mass is 344 g/mol. The lowest BCUT2D eigenvalue weighted by Crippen LogP contribution is -2.60. The maximum Gasteiger partial charge on any atom is 0.227 e. The van der Waals surface area contributed by atoms with E-state index in [-0.39, 0.29) is 28.3 Å². The number of ketones is 2. The average Bonchev–Trinajstić information content (AvgIpc) is 2.50. The molecule has 1 heterocycles. The van der Waals surface area contributed by atoms with Crippen molar-refractivity contribution in [1.82, 2.24) is 0 Å². The standard InChI is InChI=1S/C21H28O4/c1-19(2)7-5-8-20(3)15(19)6-9-21(4)16(20)10-12-17(24)13(22)11-14(23)18(12)25-21/h11,15-16,22H,5-10H2,1-4H3/t15-,16+,20-,21+/m1/s1. The van der Waals surface area contributed by atoms with Crippen molar-refractivity contribution < 1.29 is 19.4 Å². The number of aliphatic hydroxyl groups excluding tert-OH is 1. The highest BCUT2D eigenvalue weighted by atomic mass is 16.5. The van der Waals surface area contributed by atoms with Gasteiger partial charge in [0, 0.05) is 17.6 Å². The number of fused-ring (bicyclic) bond motifs is 3. The number of carbonyl (C=O) groups is 2. The van der Waals surface area contributed by atoms with Crippen LogP contribution in [0.25, 0.3) is 0 Å². The third kappa shape index (κ3) is 2.18. The van der Waals surface area contributed by atoms with Crippen LogP contribution in [0, 0.1) is 22.7 Å². The molecule has 2 saturated carbocycles. The van der Waals surface area contributed by atoms with Crippen LogP contribution in [-0.2, 0) is 14.3 Å². The number of rotatable bonds is 0. The van der Waals surface area contributed by atoms with E-state index in [2.05, 4.69) is 27.7 Å². The van der Waals surface area contributed by atoms with Crippen LogP contribution in [0.4, 0.5) is 0 Å². The minimum absolute atomic E-state index is 0.0907. The summed E-state index contributed by atoms with van der Waals surface area (Å²) in [7, 11) is 0. The van der Waals surface area contributed by atoms with Crippen molar-refractivity contribution in [2.45, 2.75) is 71.8 Å². The van der Waals surface area contributed by atoms with Gasteiger partial charge in [0.15, 0.2) is 11.5 Å².